The Morgan fingerprint density at radius 2 is 1.50 bits per heavy atom. The Kier molecular flexibility index (Phi) is 6.29. The number of carbonyl (C=O) groups is 5. The van der Waals surface area contributed by atoms with Crippen molar-refractivity contribution >= 4 is 29.8 Å². The molecule has 0 aliphatic rings. The van der Waals surface area contributed by atoms with E-state index in [0.29, 0.717) is 0 Å². The molecule has 0 radical (unpaired) electrons. The lowest BCUT2D eigenvalue weighted by Gasteiger charge is -2.20. The third kappa shape index (κ3) is 5.44. The SMILES string of the molecule is CCOC(=O)CC(O)(CC(=O)OC(=O)C(=O)O)C(=O)O. The van der Waals surface area contributed by atoms with Crippen LogP contribution in [0.3, 0.4) is 0 Å². The molecule has 0 rings (SSSR count). The molecule has 10 nitrogen and oxygen atoms in total. The Morgan fingerprint density at radius 1 is 1.00 bits per heavy atom. The Morgan fingerprint density at radius 3 is 1.90 bits per heavy atom. The molecule has 20 heavy (non-hydrogen) atoms. The van der Waals surface area contributed by atoms with Crippen molar-refractivity contribution in [2.75, 3.05) is 6.61 Å². The van der Waals surface area contributed by atoms with E-state index in [9.17, 15) is 29.1 Å². The molecule has 3 N–H and O–H groups in total. The molecule has 0 aliphatic carbocycles. The summed E-state index contributed by atoms with van der Waals surface area (Å²) in [6, 6.07) is 0. The third-order valence-electron chi connectivity index (χ3n) is 1.96. The van der Waals surface area contributed by atoms with Gasteiger partial charge in [0.05, 0.1) is 19.4 Å². The Bertz CT molecular complexity index is 439. The monoisotopic (exact) mass is 292 g/mol. The summed E-state index contributed by atoms with van der Waals surface area (Å²) in [6.07, 6.45) is -2.35. The molecule has 10 heteroatoms. The summed E-state index contributed by atoms with van der Waals surface area (Å²) in [4.78, 5) is 53.8. The normalized spacial score (nSPS) is 12.9. The predicted molar refractivity (Wildman–Crippen MR) is 57.2 cm³/mol. The number of carboxylic acid groups (broad SMARTS) is 2. The summed E-state index contributed by atoms with van der Waals surface area (Å²) in [5.74, 6) is -8.62. The van der Waals surface area contributed by atoms with Gasteiger partial charge in [0.2, 0.25) is 0 Å². The van der Waals surface area contributed by atoms with Crippen molar-refractivity contribution in [1.82, 2.24) is 0 Å². The van der Waals surface area contributed by atoms with Crippen molar-refractivity contribution in [3.05, 3.63) is 0 Å². The number of ether oxygens (including phenoxy) is 2. The number of carbonyl (C=O) groups excluding carboxylic acids is 3. The lowest BCUT2D eigenvalue weighted by atomic mass is 9.96. The second kappa shape index (κ2) is 7.19. The number of hydrogen-bond donors (Lipinski definition) is 3. The quantitative estimate of drug-likeness (QED) is 0.292. The van der Waals surface area contributed by atoms with E-state index in [1.807, 2.05) is 0 Å². The minimum Gasteiger partial charge on any atom is -0.479 e. The lowest BCUT2D eigenvalue weighted by Crippen LogP contribution is -2.44. The highest BCUT2D eigenvalue weighted by molar-refractivity contribution is 6.30. The van der Waals surface area contributed by atoms with Crippen molar-refractivity contribution in [2.24, 2.45) is 0 Å². The van der Waals surface area contributed by atoms with Gasteiger partial charge in [0.25, 0.3) is 0 Å². The average Bonchev–Trinajstić information content (AvgIpc) is 2.27. The molecule has 0 spiro atoms. The zero-order chi connectivity index (χ0) is 15.9. The highest BCUT2D eigenvalue weighted by Gasteiger charge is 2.42. The molecular weight excluding hydrogens is 280 g/mol. The van der Waals surface area contributed by atoms with E-state index in [1.165, 1.54) is 6.92 Å². The van der Waals surface area contributed by atoms with Gasteiger partial charge in [-0.1, -0.05) is 0 Å². The zero-order valence-corrected chi connectivity index (χ0v) is 10.3. The first-order chi connectivity index (χ1) is 9.12. The molecule has 0 aromatic carbocycles. The van der Waals surface area contributed by atoms with Crippen LogP contribution >= 0.6 is 0 Å². The fourth-order valence-electron chi connectivity index (χ4n) is 1.09. The van der Waals surface area contributed by atoms with E-state index in [-0.39, 0.29) is 6.61 Å². The van der Waals surface area contributed by atoms with Gasteiger partial charge in [-0.3, -0.25) is 9.59 Å². The van der Waals surface area contributed by atoms with Crippen molar-refractivity contribution in [1.29, 1.82) is 0 Å². The third-order valence-corrected chi connectivity index (χ3v) is 1.96. The van der Waals surface area contributed by atoms with Gasteiger partial charge in [-0.2, -0.15) is 0 Å². The summed E-state index contributed by atoms with van der Waals surface area (Å²) in [5, 5.41) is 26.6. The van der Waals surface area contributed by atoms with Crippen LogP contribution in [0.2, 0.25) is 0 Å². The molecule has 0 bridgehead atoms. The molecule has 0 saturated carbocycles. The van der Waals surface area contributed by atoms with Gasteiger partial charge < -0.3 is 24.8 Å². The Balaban J connectivity index is 4.80. The largest absolute Gasteiger partial charge is 0.479 e. The number of aliphatic hydroxyl groups is 1. The summed E-state index contributed by atoms with van der Waals surface area (Å²) in [7, 11) is 0. The first kappa shape index (κ1) is 17.5. The number of rotatable bonds is 6. The van der Waals surface area contributed by atoms with Crippen LogP contribution in [0.15, 0.2) is 0 Å². The highest BCUT2D eigenvalue weighted by Crippen LogP contribution is 2.18. The van der Waals surface area contributed by atoms with E-state index >= 15 is 0 Å². The highest BCUT2D eigenvalue weighted by atomic mass is 16.6. The molecular formula is C10H12O10. The Hall–Kier alpha value is -2.49. The van der Waals surface area contributed by atoms with E-state index in [4.69, 9.17) is 10.2 Å². The Labute approximate surface area is 111 Å². The zero-order valence-electron chi connectivity index (χ0n) is 10.3. The van der Waals surface area contributed by atoms with Crippen LogP contribution in [-0.2, 0) is 33.4 Å². The molecule has 0 heterocycles. The van der Waals surface area contributed by atoms with Gasteiger partial charge in [0, 0.05) is 0 Å². The fourth-order valence-corrected chi connectivity index (χ4v) is 1.09. The smallest absolute Gasteiger partial charge is 0.424 e. The van der Waals surface area contributed by atoms with Crippen LogP contribution in [0.4, 0.5) is 0 Å². The van der Waals surface area contributed by atoms with Crippen LogP contribution in [0.25, 0.3) is 0 Å². The molecule has 0 amide bonds. The van der Waals surface area contributed by atoms with Crippen molar-refractivity contribution < 1.29 is 48.8 Å². The lowest BCUT2D eigenvalue weighted by molar-refractivity contribution is -0.178. The molecule has 1 atom stereocenters. The number of carboxylic acids is 2. The molecule has 0 aliphatic heterocycles. The van der Waals surface area contributed by atoms with Crippen LogP contribution < -0.4 is 0 Å². The first-order valence-electron chi connectivity index (χ1n) is 5.21. The van der Waals surface area contributed by atoms with Crippen molar-refractivity contribution in [3.8, 4) is 0 Å². The minimum absolute atomic E-state index is 0.0729. The maximum atomic E-state index is 11.1. The molecule has 112 valence electrons. The molecule has 1 unspecified atom stereocenters. The second-order valence-corrected chi connectivity index (χ2v) is 3.56. The summed E-state index contributed by atoms with van der Waals surface area (Å²) >= 11 is 0. The second-order valence-electron chi connectivity index (χ2n) is 3.56. The van der Waals surface area contributed by atoms with Crippen LogP contribution in [0.1, 0.15) is 19.8 Å². The van der Waals surface area contributed by atoms with Gasteiger partial charge in [-0.05, 0) is 6.92 Å². The van der Waals surface area contributed by atoms with Gasteiger partial charge in [0.1, 0.15) is 0 Å². The predicted octanol–water partition coefficient (Wildman–Crippen LogP) is -1.70. The van der Waals surface area contributed by atoms with Gasteiger partial charge in [-0.15, -0.1) is 0 Å². The first-order valence-corrected chi connectivity index (χ1v) is 5.21. The van der Waals surface area contributed by atoms with Gasteiger partial charge in [0.15, 0.2) is 5.60 Å². The standard InChI is InChI=1S/C10H12O10/c1-2-19-5(11)3-10(18,9(16)17)4-6(12)20-8(15)7(13)14/h18H,2-4H2,1H3,(H,13,14)(H,16,17). The van der Waals surface area contributed by atoms with Crippen LogP contribution in [0.5, 0.6) is 0 Å². The number of aliphatic carboxylic acids is 2. The molecule has 0 aromatic heterocycles. The van der Waals surface area contributed by atoms with Gasteiger partial charge >= 0.3 is 29.8 Å². The van der Waals surface area contributed by atoms with E-state index in [0.717, 1.165) is 0 Å². The van der Waals surface area contributed by atoms with E-state index in [1.54, 1.807) is 0 Å². The fraction of sp³-hybridized carbons (Fsp3) is 0.500. The van der Waals surface area contributed by atoms with Crippen molar-refractivity contribution in [2.45, 2.75) is 25.4 Å². The maximum absolute atomic E-state index is 11.1. The summed E-state index contributed by atoms with van der Waals surface area (Å²) < 4.78 is 8.16. The van der Waals surface area contributed by atoms with E-state index < -0.39 is 48.3 Å². The van der Waals surface area contributed by atoms with E-state index in [2.05, 4.69) is 9.47 Å². The number of hydrogen-bond acceptors (Lipinski definition) is 8. The maximum Gasteiger partial charge on any atom is 0.424 e. The number of esters is 3. The molecule has 0 aromatic rings. The van der Waals surface area contributed by atoms with Gasteiger partial charge in [-0.25, -0.2) is 14.4 Å². The van der Waals surface area contributed by atoms with Crippen LogP contribution in [0, 0.1) is 0 Å². The topological polar surface area (TPSA) is 164 Å². The summed E-state index contributed by atoms with van der Waals surface area (Å²) in [6.45, 7) is 1.37. The average molecular weight is 292 g/mol. The summed E-state index contributed by atoms with van der Waals surface area (Å²) in [5.41, 5.74) is -2.86. The van der Waals surface area contributed by atoms with Crippen molar-refractivity contribution in [3.63, 3.8) is 0 Å². The molecule has 0 fully saturated rings. The molecule has 0 saturated heterocycles. The minimum atomic E-state index is -2.86. The van der Waals surface area contributed by atoms with Crippen LogP contribution in [-0.4, -0.2) is 57.4 Å².